The average molecular weight is 314 g/mol. The smallest absolute Gasteiger partial charge is 0.229 e. The van der Waals surface area contributed by atoms with Gasteiger partial charge in [-0.05, 0) is 39.5 Å². The van der Waals surface area contributed by atoms with E-state index in [-0.39, 0.29) is 29.9 Å². The minimum absolute atomic E-state index is 0.0534. The van der Waals surface area contributed by atoms with E-state index >= 15 is 0 Å². The largest absolute Gasteiger partial charge is 0.279 e. The molecule has 3 rings (SSSR count). The van der Waals surface area contributed by atoms with Crippen molar-refractivity contribution in [2.75, 3.05) is 0 Å². The third kappa shape index (κ3) is 2.30. The Labute approximate surface area is 125 Å². The molecule has 0 saturated carbocycles. The number of hydrogen-bond acceptors (Lipinski definition) is 4. The van der Waals surface area contributed by atoms with E-state index in [1.54, 1.807) is 18.2 Å². The summed E-state index contributed by atoms with van der Waals surface area (Å²) in [5.74, 6) is -0.186. The van der Waals surface area contributed by atoms with Gasteiger partial charge in [0.15, 0.2) is 0 Å². The van der Waals surface area contributed by atoms with Crippen LogP contribution in [-0.4, -0.2) is 52.8 Å². The van der Waals surface area contributed by atoms with Crippen molar-refractivity contribution in [1.29, 1.82) is 0 Å². The molecule has 21 heavy (non-hydrogen) atoms. The van der Waals surface area contributed by atoms with Crippen LogP contribution in [0.15, 0.2) is 0 Å². The second-order valence-electron chi connectivity index (χ2n) is 6.59. The van der Waals surface area contributed by atoms with Crippen molar-refractivity contribution in [3.05, 3.63) is 0 Å². The Bertz CT molecular complexity index is 542. The zero-order valence-electron chi connectivity index (χ0n) is 12.5. The van der Waals surface area contributed by atoms with Gasteiger partial charge in [0, 0.05) is 31.0 Å². The Hall–Kier alpha value is -0.950. The van der Waals surface area contributed by atoms with E-state index in [9.17, 15) is 18.0 Å². The third-order valence-electron chi connectivity index (χ3n) is 4.99. The minimum atomic E-state index is -3.26. The highest BCUT2D eigenvalue weighted by atomic mass is 32.2. The van der Waals surface area contributed by atoms with Gasteiger partial charge in [-0.15, -0.1) is 0 Å². The van der Waals surface area contributed by atoms with E-state index in [4.69, 9.17) is 0 Å². The molecular formula is C14H22N2O4S. The molecule has 0 aliphatic carbocycles. The topological polar surface area (TPSA) is 74.8 Å². The number of sulfonamides is 1. The number of likely N-dealkylation sites (tertiary alicyclic amines) is 1. The molecule has 2 unspecified atom stereocenters. The van der Waals surface area contributed by atoms with Gasteiger partial charge in [0.2, 0.25) is 21.8 Å². The number of nitrogens with zero attached hydrogens (tertiary/aromatic N) is 2. The molecule has 3 aliphatic rings. The van der Waals surface area contributed by atoms with Crippen LogP contribution in [0.25, 0.3) is 0 Å². The zero-order chi connectivity index (χ0) is 15.4. The Morgan fingerprint density at radius 3 is 1.86 bits per heavy atom. The first-order valence-corrected chi connectivity index (χ1v) is 9.20. The predicted molar refractivity (Wildman–Crippen MR) is 76.8 cm³/mol. The maximum Gasteiger partial charge on any atom is 0.229 e. The average Bonchev–Trinajstić information content (AvgIpc) is 2.88. The quantitative estimate of drug-likeness (QED) is 0.724. The Morgan fingerprint density at radius 2 is 1.43 bits per heavy atom. The highest BCUT2D eigenvalue weighted by Gasteiger charge is 2.50. The van der Waals surface area contributed by atoms with Crippen molar-refractivity contribution in [2.45, 2.75) is 75.7 Å². The molecule has 2 amide bonds. The highest BCUT2D eigenvalue weighted by Crippen LogP contribution is 2.41. The number of piperidine rings is 1. The lowest BCUT2D eigenvalue weighted by atomic mass is 9.98. The summed E-state index contributed by atoms with van der Waals surface area (Å²) >= 11 is 0. The van der Waals surface area contributed by atoms with Crippen LogP contribution in [0.1, 0.15) is 52.4 Å². The molecule has 3 aliphatic heterocycles. The van der Waals surface area contributed by atoms with Gasteiger partial charge in [-0.25, -0.2) is 8.42 Å². The second kappa shape index (κ2) is 5.05. The van der Waals surface area contributed by atoms with E-state index in [1.807, 2.05) is 0 Å². The molecular weight excluding hydrogens is 292 g/mol. The number of fused-ring (bicyclic) bond motifs is 2. The van der Waals surface area contributed by atoms with E-state index < -0.39 is 15.3 Å². The van der Waals surface area contributed by atoms with Crippen molar-refractivity contribution in [1.82, 2.24) is 9.21 Å². The molecule has 0 aromatic carbocycles. The van der Waals surface area contributed by atoms with Crippen LogP contribution < -0.4 is 0 Å². The summed E-state index contributed by atoms with van der Waals surface area (Å²) < 4.78 is 26.6. The molecule has 2 bridgehead atoms. The molecule has 6 nitrogen and oxygen atoms in total. The Balaban J connectivity index is 1.81. The van der Waals surface area contributed by atoms with Crippen molar-refractivity contribution < 1.29 is 18.0 Å². The van der Waals surface area contributed by atoms with E-state index in [0.717, 1.165) is 12.8 Å². The summed E-state index contributed by atoms with van der Waals surface area (Å²) in [6.07, 6.45) is 3.48. The fourth-order valence-corrected chi connectivity index (χ4v) is 5.68. The van der Waals surface area contributed by atoms with E-state index in [0.29, 0.717) is 25.7 Å². The van der Waals surface area contributed by atoms with Gasteiger partial charge in [0.1, 0.15) is 0 Å². The first-order valence-electron chi connectivity index (χ1n) is 7.69. The molecule has 118 valence electrons. The lowest BCUT2D eigenvalue weighted by Crippen LogP contribution is -2.54. The molecule has 3 heterocycles. The monoisotopic (exact) mass is 314 g/mol. The maximum absolute atomic E-state index is 12.5. The molecule has 0 aromatic heterocycles. The second-order valence-corrected chi connectivity index (χ2v) is 8.99. The van der Waals surface area contributed by atoms with Gasteiger partial charge in [-0.2, -0.15) is 4.31 Å². The number of carbonyl (C=O) groups is 2. The van der Waals surface area contributed by atoms with Crippen LogP contribution in [0.3, 0.4) is 0 Å². The van der Waals surface area contributed by atoms with Gasteiger partial charge in [-0.1, -0.05) is 0 Å². The van der Waals surface area contributed by atoms with Gasteiger partial charge in [0.05, 0.1) is 5.25 Å². The van der Waals surface area contributed by atoms with Gasteiger partial charge in [0.25, 0.3) is 0 Å². The number of rotatable bonds is 3. The molecule has 3 fully saturated rings. The fourth-order valence-electron chi connectivity index (χ4n) is 3.98. The lowest BCUT2D eigenvalue weighted by Gasteiger charge is -2.41. The van der Waals surface area contributed by atoms with Crippen LogP contribution >= 0.6 is 0 Å². The number of imide groups is 1. The Morgan fingerprint density at radius 1 is 0.952 bits per heavy atom. The maximum atomic E-state index is 12.5. The summed E-state index contributed by atoms with van der Waals surface area (Å²) in [7, 11) is -3.26. The molecule has 0 spiro atoms. The van der Waals surface area contributed by atoms with Crippen LogP contribution in [-0.2, 0) is 19.6 Å². The van der Waals surface area contributed by atoms with Crippen LogP contribution in [0.5, 0.6) is 0 Å². The third-order valence-corrected chi connectivity index (χ3v) is 7.36. The van der Waals surface area contributed by atoms with E-state index in [2.05, 4.69) is 0 Å². The zero-order valence-corrected chi connectivity index (χ0v) is 13.3. The lowest BCUT2D eigenvalue weighted by molar-refractivity contribution is -0.142. The molecule has 3 saturated heterocycles. The molecule has 0 radical (unpaired) electrons. The summed E-state index contributed by atoms with van der Waals surface area (Å²) in [6, 6.07) is -0.215. The van der Waals surface area contributed by atoms with E-state index in [1.165, 1.54) is 4.90 Å². The highest BCUT2D eigenvalue weighted by molar-refractivity contribution is 7.89. The fraction of sp³-hybridized carbons (Fsp3) is 0.857. The van der Waals surface area contributed by atoms with Crippen molar-refractivity contribution in [2.24, 2.45) is 0 Å². The van der Waals surface area contributed by atoms with Crippen LogP contribution in [0.4, 0.5) is 0 Å². The molecule has 2 atom stereocenters. The Kier molecular flexibility index (Phi) is 3.60. The van der Waals surface area contributed by atoms with Gasteiger partial charge in [-0.3, -0.25) is 14.5 Å². The van der Waals surface area contributed by atoms with Gasteiger partial charge < -0.3 is 0 Å². The predicted octanol–water partition coefficient (Wildman–Crippen LogP) is 0.869. The summed E-state index contributed by atoms with van der Waals surface area (Å²) in [4.78, 5) is 25.2. The molecule has 0 N–H and O–H groups in total. The first kappa shape index (κ1) is 15.0. The van der Waals surface area contributed by atoms with Gasteiger partial charge >= 0.3 is 0 Å². The SMILES string of the molecule is CC(C)S(=O)(=O)N1C2CCC1CC(N1C(=O)CCC1=O)C2. The molecule has 7 heteroatoms. The van der Waals surface area contributed by atoms with Crippen molar-refractivity contribution in [3.8, 4) is 0 Å². The number of amides is 2. The van der Waals surface area contributed by atoms with Crippen LogP contribution in [0, 0.1) is 0 Å². The van der Waals surface area contributed by atoms with Crippen LogP contribution in [0.2, 0.25) is 0 Å². The summed E-state index contributed by atoms with van der Waals surface area (Å²) in [6.45, 7) is 3.41. The minimum Gasteiger partial charge on any atom is -0.279 e. The van der Waals surface area contributed by atoms with Crippen molar-refractivity contribution in [3.63, 3.8) is 0 Å². The summed E-state index contributed by atoms with van der Waals surface area (Å²) in [5, 5.41) is -0.424. The first-order chi connectivity index (χ1) is 9.82. The summed E-state index contributed by atoms with van der Waals surface area (Å²) in [5.41, 5.74) is 0. The van der Waals surface area contributed by atoms with Crippen molar-refractivity contribution >= 4 is 21.8 Å². The molecule has 0 aromatic rings. The number of carbonyl (C=O) groups excluding carboxylic acids is 2. The number of hydrogen-bond donors (Lipinski definition) is 0. The normalized spacial score (nSPS) is 34.2. The standard InChI is InChI=1S/C14H22N2O4S/c1-9(2)21(19,20)16-10-3-4-11(16)8-12(7-10)15-13(17)5-6-14(15)18/h9-12H,3-8H2,1-2H3.